The molecule has 0 aliphatic rings. The number of benzene rings is 2. The summed E-state index contributed by atoms with van der Waals surface area (Å²) >= 11 is 2.80. The van der Waals surface area contributed by atoms with Crippen LogP contribution in [0.25, 0.3) is 0 Å². The van der Waals surface area contributed by atoms with E-state index in [0.29, 0.717) is 16.6 Å². The summed E-state index contributed by atoms with van der Waals surface area (Å²) in [6.45, 7) is 7.97. The van der Waals surface area contributed by atoms with Crippen molar-refractivity contribution in [2.24, 2.45) is 0 Å². The predicted octanol–water partition coefficient (Wildman–Crippen LogP) is 5.33. The van der Waals surface area contributed by atoms with Crippen molar-refractivity contribution in [1.29, 1.82) is 0 Å². The number of anilines is 3. The second-order valence-electron chi connectivity index (χ2n) is 6.75. The maximum Gasteiger partial charge on any atom is 0.237 e. The summed E-state index contributed by atoms with van der Waals surface area (Å²) in [6.07, 6.45) is 0. The Labute approximate surface area is 179 Å². The molecule has 0 bridgehead atoms. The first-order valence-corrected chi connectivity index (χ1v) is 10.9. The Hall–Kier alpha value is -2.58. The van der Waals surface area contributed by atoms with Gasteiger partial charge in [-0.1, -0.05) is 35.2 Å². The van der Waals surface area contributed by atoms with Gasteiger partial charge in [-0.25, -0.2) is 0 Å². The van der Waals surface area contributed by atoms with Crippen LogP contribution in [0.3, 0.4) is 0 Å². The number of aryl methyl sites for hydroxylation is 3. The number of amides is 1. The molecular weight excluding hydrogens is 404 g/mol. The van der Waals surface area contributed by atoms with E-state index >= 15 is 0 Å². The molecule has 0 radical (unpaired) electrons. The Kier molecular flexibility index (Phi) is 6.76. The number of nitrogens with one attached hydrogen (secondary N) is 2. The summed E-state index contributed by atoms with van der Waals surface area (Å²) < 4.78 is 6.06. The van der Waals surface area contributed by atoms with E-state index in [2.05, 4.69) is 46.8 Å². The lowest BCUT2D eigenvalue weighted by Gasteiger charge is -2.13. The Bertz CT molecular complexity index is 1020. The summed E-state index contributed by atoms with van der Waals surface area (Å²) in [5.74, 6) is 0.523. The molecule has 6 nitrogen and oxygen atoms in total. The van der Waals surface area contributed by atoms with E-state index in [1.165, 1.54) is 34.2 Å². The molecule has 0 saturated carbocycles. The summed E-state index contributed by atoms with van der Waals surface area (Å²) in [4.78, 5) is 12.6. The number of hydrogen-bond donors (Lipinski definition) is 2. The molecule has 1 aromatic heterocycles. The third-order valence-electron chi connectivity index (χ3n) is 4.42. The molecule has 3 aromatic rings. The van der Waals surface area contributed by atoms with E-state index in [9.17, 15) is 4.79 Å². The zero-order valence-corrected chi connectivity index (χ0v) is 18.7. The van der Waals surface area contributed by atoms with Crippen LogP contribution >= 0.6 is 23.1 Å². The Morgan fingerprint density at radius 1 is 1.10 bits per heavy atom. The van der Waals surface area contributed by atoms with Crippen molar-refractivity contribution >= 4 is 45.5 Å². The van der Waals surface area contributed by atoms with Gasteiger partial charge in [0.05, 0.1) is 18.0 Å². The van der Waals surface area contributed by atoms with Crippen molar-refractivity contribution in [2.45, 2.75) is 37.3 Å². The first kappa shape index (κ1) is 21.1. The number of nitrogens with zero attached hydrogens (tertiary/aromatic N) is 2. The van der Waals surface area contributed by atoms with Crippen molar-refractivity contribution in [3.63, 3.8) is 0 Å². The van der Waals surface area contributed by atoms with Gasteiger partial charge in [0.15, 0.2) is 4.34 Å². The van der Waals surface area contributed by atoms with E-state index in [0.717, 1.165) is 15.6 Å². The summed E-state index contributed by atoms with van der Waals surface area (Å²) in [7, 11) is 1.59. The first-order valence-electron chi connectivity index (χ1n) is 9.15. The normalized spacial score (nSPS) is 11.8. The number of carbonyl (C=O) groups is 1. The molecule has 0 fully saturated rings. The maximum absolute atomic E-state index is 12.6. The standard InChI is InChI=1S/C21H24N4O2S2/c1-12-6-9-18(27-5)17(10-12)23-19(26)15(4)28-21-25-24-20(29-21)22-16-8-7-13(2)14(3)11-16/h6-11,15H,1-5H3,(H,22,24)(H,23,26). The zero-order valence-electron chi connectivity index (χ0n) is 17.1. The molecule has 0 aliphatic heterocycles. The van der Waals surface area contributed by atoms with Gasteiger partial charge < -0.3 is 15.4 Å². The van der Waals surface area contributed by atoms with Crippen LogP contribution in [0, 0.1) is 20.8 Å². The molecule has 1 heterocycles. The molecule has 0 aliphatic carbocycles. The molecule has 0 spiro atoms. The molecule has 1 amide bonds. The first-order chi connectivity index (χ1) is 13.9. The Morgan fingerprint density at radius 3 is 2.62 bits per heavy atom. The van der Waals surface area contributed by atoms with Crippen LogP contribution in [0.5, 0.6) is 5.75 Å². The smallest absolute Gasteiger partial charge is 0.237 e. The number of ether oxygens (including phenoxy) is 1. The van der Waals surface area contributed by atoms with E-state index in [1.54, 1.807) is 7.11 Å². The van der Waals surface area contributed by atoms with Crippen LogP contribution in [-0.2, 0) is 4.79 Å². The van der Waals surface area contributed by atoms with E-state index in [-0.39, 0.29) is 11.2 Å². The monoisotopic (exact) mass is 428 g/mol. The van der Waals surface area contributed by atoms with Gasteiger partial charge in [0.1, 0.15) is 5.75 Å². The maximum atomic E-state index is 12.6. The predicted molar refractivity (Wildman–Crippen MR) is 121 cm³/mol. The van der Waals surface area contributed by atoms with Gasteiger partial charge >= 0.3 is 0 Å². The van der Waals surface area contributed by atoms with E-state index in [1.807, 2.05) is 38.1 Å². The number of aromatic nitrogens is 2. The van der Waals surface area contributed by atoms with Crippen LogP contribution in [0.2, 0.25) is 0 Å². The minimum atomic E-state index is -0.331. The van der Waals surface area contributed by atoms with Crippen LogP contribution in [0.4, 0.5) is 16.5 Å². The summed E-state index contributed by atoms with van der Waals surface area (Å²) in [5.41, 5.74) is 5.14. The minimum absolute atomic E-state index is 0.113. The molecule has 0 saturated heterocycles. The van der Waals surface area contributed by atoms with Crippen molar-refractivity contribution in [3.05, 3.63) is 53.1 Å². The van der Waals surface area contributed by atoms with Gasteiger partial charge in [0, 0.05) is 5.69 Å². The molecule has 1 atom stereocenters. The van der Waals surface area contributed by atoms with Crippen LogP contribution < -0.4 is 15.4 Å². The molecule has 1 unspecified atom stereocenters. The molecule has 2 N–H and O–H groups in total. The third-order valence-corrected chi connectivity index (χ3v) is 6.45. The second-order valence-corrected chi connectivity index (χ2v) is 9.32. The van der Waals surface area contributed by atoms with Crippen LogP contribution in [0.15, 0.2) is 40.7 Å². The highest BCUT2D eigenvalue weighted by atomic mass is 32.2. The number of carbonyl (C=O) groups excluding carboxylic acids is 1. The fourth-order valence-corrected chi connectivity index (χ4v) is 4.53. The van der Waals surface area contributed by atoms with Gasteiger partial charge in [-0.05, 0) is 68.7 Å². The lowest BCUT2D eigenvalue weighted by Crippen LogP contribution is -2.22. The Balaban J connectivity index is 1.62. The lowest BCUT2D eigenvalue weighted by molar-refractivity contribution is -0.115. The lowest BCUT2D eigenvalue weighted by atomic mass is 10.1. The topological polar surface area (TPSA) is 76.1 Å². The van der Waals surface area contributed by atoms with Gasteiger partial charge in [-0.15, -0.1) is 10.2 Å². The highest BCUT2D eigenvalue weighted by molar-refractivity contribution is 8.02. The number of thioether (sulfide) groups is 1. The number of methoxy groups -OCH3 is 1. The molecular formula is C21H24N4O2S2. The summed E-state index contributed by atoms with van der Waals surface area (Å²) in [6, 6.07) is 11.8. The van der Waals surface area contributed by atoms with Gasteiger partial charge in [-0.2, -0.15) is 0 Å². The second kappa shape index (κ2) is 9.28. The van der Waals surface area contributed by atoms with Crippen LogP contribution in [-0.4, -0.2) is 28.5 Å². The van der Waals surface area contributed by atoms with E-state index in [4.69, 9.17) is 4.74 Å². The number of hydrogen-bond acceptors (Lipinski definition) is 7. The summed E-state index contributed by atoms with van der Waals surface area (Å²) in [5, 5.41) is 15.0. The van der Waals surface area contributed by atoms with Crippen molar-refractivity contribution in [3.8, 4) is 5.75 Å². The SMILES string of the molecule is COc1ccc(C)cc1NC(=O)C(C)Sc1nnc(Nc2ccc(C)c(C)c2)s1. The quantitative estimate of drug-likeness (QED) is 0.495. The zero-order chi connectivity index (χ0) is 21.0. The molecule has 8 heteroatoms. The highest BCUT2D eigenvalue weighted by Crippen LogP contribution is 2.32. The fourth-order valence-electron chi connectivity index (χ4n) is 2.61. The van der Waals surface area contributed by atoms with Gasteiger partial charge in [0.2, 0.25) is 11.0 Å². The van der Waals surface area contributed by atoms with Gasteiger partial charge in [-0.3, -0.25) is 4.79 Å². The molecule has 29 heavy (non-hydrogen) atoms. The largest absolute Gasteiger partial charge is 0.495 e. The molecule has 152 valence electrons. The minimum Gasteiger partial charge on any atom is -0.495 e. The van der Waals surface area contributed by atoms with Crippen molar-refractivity contribution < 1.29 is 9.53 Å². The molecule has 3 rings (SSSR count). The Morgan fingerprint density at radius 2 is 1.90 bits per heavy atom. The molecule has 2 aromatic carbocycles. The van der Waals surface area contributed by atoms with Crippen molar-refractivity contribution in [1.82, 2.24) is 10.2 Å². The fraction of sp³-hybridized carbons (Fsp3) is 0.286. The average molecular weight is 429 g/mol. The van der Waals surface area contributed by atoms with Crippen molar-refractivity contribution in [2.75, 3.05) is 17.7 Å². The average Bonchev–Trinajstić information content (AvgIpc) is 3.11. The highest BCUT2D eigenvalue weighted by Gasteiger charge is 2.19. The number of rotatable bonds is 7. The van der Waals surface area contributed by atoms with Crippen LogP contribution in [0.1, 0.15) is 23.6 Å². The van der Waals surface area contributed by atoms with E-state index < -0.39 is 0 Å². The van der Waals surface area contributed by atoms with Gasteiger partial charge in [0.25, 0.3) is 0 Å². The third kappa shape index (κ3) is 5.48.